The van der Waals surface area contributed by atoms with Crippen LogP contribution < -0.4 is 0 Å². The van der Waals surface area contributed by atoms with E-state index in [0.29, 0.717) is 0 Å². The maximum atomic E-state index is 14.5. The summed E-state index contributed by atoms with van der Waals surface area (Å²) in [5.74, 6) is -9.06. The number of ether oxygens (including phenoxy) is 10. The third-order valence-electron chi connectivity index (χ3n) is 12.2. The summed E-state index contributed by atoms with van der Waals surface area (Å²) in [5.41, 5.74) is 0.570. The quantitative estimate of drug-likeness (QED) is 0.0550. The van der Waals surface area contributed by atoms with E-state index in [0.717, 1.165) is 0 Å². The highest BCUT2D eigenvalue weighted by atomic mass is 16.8. The van der Waals surface area contributed by atoms with Crippen LogP contribution >= 0.6 is 0 Å². The normalized spacial score (nSPS) is 21.4. The summed E-state index contributed by atoms with van der Waals surface area (Å²) in [6.45, 7) is -2.35. The second-order valence-corrected chi connectivity index (χ2v) is 17.4. The Morgan fingerprint density at radius 3 is 1.01 bits per heavy atom. The van der Waals surface area contributed by atoms with Crippen LogP contribution in [-0.2, 0) is 47.4 Å². The highest BCUT2D eigenvalue weighted by Crippen LogP contribution is 2.42. The summed E-state index contributed by atoms with van der Waals surface area (Å²) in [4.78, 5) is 98.2. The van der Waals surface area contributed by atoms with Crippen LogP contribution in [0.4, 0.5) is 0 Å². The Kier molecular flexibility index (Phi) is 17.0. The lowest BCUT2D eigenvalue weighted by molar-refractivity contribution is -0.339. The molecular weight excluding hydrogens is 993 g/mol. The summed E-state index contributed by atoms with van der Waals surface area (Å²) in [5, 5.41) is 0. The van der Waals surface area contributed by atoms with Crippen LogP contribution in [0.3, 0.4) is 0 Å². The molecule has 0 spiro atoms. The van der Waals surface area contributed by atoms with Crippen LogP contribution in [0.25, 0.3) is 0 Å². The fraction of sp³-hybridized carbons (Fsp3) is 0.183. The Bertz CT molecular complexity index is 3130. The Balaban J connectivity index is 1.17. The zero-order valence-corrected chi connectivity index (χ0v) is 40.8. The van der Waals surface area contributed by atoms with Gasteiger partial charge in [0.2, 0.25) is 12.1 Å². The number of rotatable bonds is 19. The van der Waals surface area contributed by atoms with Gasteiger partial charge < -0.3 is 47.4 Å². The van der Waals surface area contributed by atoms with Crippen molar-refractivity contribution in [1.29, 1.82) is 0 Å². The van der Waals surface area contributed by atoms with Crippen LogP contribution in [-0.4, -0.2) is 110 Å². The van der Waals surface area contributed by atoms with Gasteiger partial charge in [-0.3, -0.25) is 0 Å². The summed E-state index contributed by atoms with van der Waals surface area (Å²) in [7, 11) is 0. The van der Waals surface area contributed by atoms with Gasteiger partial charge in [0.15, 0.2) is 24.4 Å². The van der Waals surface area contributed by atoms with Crippen molar-refractivity contribution >= 4 is 41.8 Å². The largest absolute Gasteiger partial charge is 0.459 e. The minimum absolute atomic E-state index is 0.00902. The zero-order valence-electron chi connectivity index (χ0n) is 40.8. The first kappa shape index (κ1) is 52.6. The van der Waals surface area contributed by atoms with Crippen LogP contribution in [0.5, 0.6) is 0 Å². The molecule has 2 fully saturated rings. The maximum Gasteiger partial charge on any atom is 0.338 e. The molecule has 8 atom stereocenters. The van der Waals surface area contributed by atoms with Gasteiger partial charge in [0.05, 0.1) is 38.9 Å². The Morgan fingerprint density at radius 2 is 0.636 bits per heavy atom. The first-order valence-corrected chi connectivity index (χ1v) is 24.3. The number of carbonyl (C=O) groups excluding carboxylic acids is 7. The number of carbonyl (C=O) groups is 7. The molecule has 2 heterocycles. The van der Waals surface area contributed by atoms with Gasteiger partial charge >= 0.3 is 41.8 Å². The molecule has 0 aromatic heterocycles. The average Bonchev–Trinajstić information content (AvgIpc) is 3.96. The molecule has 390 valence electrons. The van der Waals surface area contributed by atoms with Crippen molar-refractivity contribution in [1.82, 2.24) is 0 Å². The smallest absolute Gasteiger partial charge is 0.338 e. The lowest BCUT2D eigenvalue weighted by Crippen LogP contribution is -2.56. The SMILES string of the molecule is O=C(OC[C@H]1O[C@@](COC(=O)c2ccccc2)(O[C@H]2O[C@H](COC(=O)c3ccccc3)[C@@H](OC(=O)c3ccccc3)C2OC(=O)c2ccccc2)C(OC(=O)c2ccccc2)[C@H]1OC(=O)c1ccccc1)c1ccccc1. The minimum Gasteiger partial charge on any atom is -0.459 e. The first-order chi connectivity index (χ1) is 37.5. The molecule has 7 aromatic rings. The molecule has 0 amide bonds. The van der Waals surface area contributed by atoms with Gasteiger partial charge in [-0.25, -0.2) is 33.6 Å². The van der Waals surface area contributed by atoms with Gasteiger partial charge in [-0.2, -0.15) is 0 Å². The fourth-order valence-electron chi connectivity index (χ4n) is 8.40. The predicted molar refractivity (Wildman–Crippen MR) is 270 cm³/mol. The molecule has 2 aliphatic rings. The van der Waals surface area contributed by atoms with Gasteiger partial charge in [-0.1, -0.05) is 127 Å². The highest BCUT2D eigenvalue weighted by molar-refractivity contribution is 5.93. The average molecular weight is 1040 g/mol. The molecule has 77 heavy (non-hydrogen) atoms. The molecular formula is C60H48O17. The number of hydrogen-bond donors (Lipinski definition) is 0. The van der Waals surface area contributed by atoms with Crippen LogP contribution in [0.15, 0.2) is 212 Å². The Hall–Kier alpha value is -9.29. The van der Waals surface area contributed by atoms with Crippen LogP contribution in [0.1, 0.15) is 72.5 Å². The summed E-state index contributed by atoms with van der Waals surface area (Å²) in [6, 6.07) is 54.9. The van der Waals surface area contributed by atoms with Crippen molar-refractivity contribution < 1.29 is 80.9 Å². The van der Waals surface area contributed by atoms with Gasteiger partial charge in [0.1, 0.15) is 32.0 Å². The molecule has 0 aliphatic carbocycles. The van der Waals surface area contributed by atoms with E-state index in [1.165, 1.54) is 84.9 Å². The minimum atomic E-state index is -2.69. The first-order valence-electron chi connectivity index (χ1n) is 24.3. The van der Waals surface area contributed by atoms with Gasteiger partial charge in [-0.05, 0) is 84.9 Å². The van der Waals surface area contributed by atoms with E-state index in [1.807, 2.05) is 0 Å². The molecule has 2 unspecified atom stereocenters. The summed E-state index contributed by atoms with van der Waals surface area (Å²) >= 11 is 0. The Labute approximate surface area is 441 Å². The molecule has 7 aromatic carbocycles. The van der Waals surface area contributed by atoms with Crippen molar-refractivity contribution in [3.8, 4) is 0 Å². The molecule has 0 bridgehead atoms. The van der Waals surface area contributed by atoms with Crippen molar-refractivity contribution in [2.45, 2.75) is 48.7 Å². The molecule has 0 saturated carbocycles. The molecule has 0 N–H and O–H groups in total. The lowest BCUT2D eigenvalue weighted by Gasteiger charge is -2.36. The van der Waals surface area contributed by atoms with Crippen LogP contribution in [0.2, 0.25) is 0 Å². The summed E-state index contributed by atoms with van der Waals surface area (Å²) < 4.78 is 62.5. The molecule has 0 radical (unpaired) electrons. The Morgan fingerprint density at radius 1 is 0.338 bits per heavy atom. The van der Waals surface area contributed by atoms with E-state index in [1.54, 1.807) is 127 Å². The molecule has 2 aliphatic heterocycles. The van der Waals surface area contributed by atoms with Gasteiger partial charge in [0, 0.05) is 0 Å². The molecule has 17 heteroatoms. The maximum absolute atomic E-state index is 14.5. The topological polar surface area (TPSA) is 212 Å². The van der Waals surface area contributed by atoms with Gasteiger partial charge in [0.25, 0.3) is 0 Å². The van der Waals surface area contributed by atoms with E-state index in [9.17, 15) is 33.6 Å². The van der Waals surface area contributed by atoms with E-state index in [4.69, 9.17) is 47.4 Å². The monoisotopic (exact) mass is 1040 g/mol. The van der Waals surface area contributed by atoms with Crippen molar-refractivity contribution in [3.63, 3.8) is 0 Å². The van der Waals surface area contributed by atoms with E-state index >= 15 is 0 Å². The van der Waals surface area contributed by atoms with E-state index in [2.05, 4.69) is 0 Å². The second-order valence-electron chi connectivity index (χ2n) is 17.4. The number of esters is 7. The molecule has 2 saturated heterocycles. The predicted octanol–water partition coefficient (Wildman–Crippen LogP) is 8.30. The van der Waals surface area contributed by atoms with Crippen molar-refractivity contribution in [2.24, 2.45) is 0 Å². The molecule has 17 nitrogen and oxygen atoms in total. The van der Waals surface area contributed by atoms with Crippen LogP contribution in [0, 0.1) is 0 Å². The molecule has 9 rings (SSSR count). The van der Waals surface area contributed by atoms with Gasteiger partial charge in [-0.15, -0.1) is 0 Å². The standard InChI is InChI=1S/C60H48O17/c61-52(39-22-8-1-9-23-39)68-36-46-48(72-55(64)42-28-14-4-15-29-42)50(74-57(66)44-32-18-6-19-33-44)59(71-46)77-60(38-70-54(63)41-26-12-3-13-27-41)51(75-58(67)45-34-20-7-21-35-45)49(73-56(65)43-30-16-5-17-31-43)47(76-60)37-69-53(62)40-24-10-2-11-25-40/h1-35,46-51,59H,36-38H2/t46-,47-,48-,49+,50?,51?,59-,60+/m1/s1. The lowest BCUT2D eigenvalue weighted by atomic mass is 10.0. The number of hydrogen-bond acceptors (Lipinski definition) is 17. The summed E-state index contributed by atoms with van der Waals surface area (Å²) in [6.07, 6.45) is -12.3. The second kappa shape index (κ2) is 24.8. The van der Waals surface area contributed by atoms with Crippen molar-refractivity contribution in [2.75, 3.05) is 19.8 Å². The third kappa shape index (κ3) is 13.0. The van der Waals surface area contributed by atoms with E-state index < -0.39 is 110 Å². The zero-order chi connectivity index (χ0) is 53.6. The van der Waals surface area contributed by atoms with E-state index in [-0.39, 0.29) is 38.9 Å². The third-order valence-corrected chi connectivity index (χ3v) is 12.2. The van der Waals surface area contributed by atoms with Crippen molar-refractivity contribution in [3.05, 3.63) is 251 Å². The highest BCUT2D eigenvalue weighted by Gasteiger charge is 2.65. The number of benzene rings is 7. The fourth-order valence-corrected chi connectivity index (χ4v) is 8.40.